The number of aliphatic hydroxyl groups is 1. The van der Waals surface area contributed by atoms with Gasteiger partial charge in [-0.15, -0.1) is 6.58 Å². The fraction of sp³-hybridized carbons (Fsp3) is 0.480. The van der Waals surface area contributed by atoms with Crippen LogP contribution < -0.4 is 16.4 Å². The molecule has 1 aliphatic heterocycles. The molecule has 1 aliphatic rings. The van der Waals surface area contributed by atoms with E-state index in [1.807, 2.05) is 13.8 Å². The molecule has 3 amide bonds. The molecule has 9 heteroatoms. The number of hydrogen-bond donors (Lipinski definition) is 5. The molecule has 0 radical (unpaired) electrons. The predicted octanol–water partition coefficient (Wildman–Crippen LogP) is 1.81. The van der Waals surface area contributed by atoms with Crippen molar-refractivity contribution < 1.29 is 24.6 Å². The molecular formula is C25H36N4O5. The lowest BCUT2D eigenvalue weighted by Crippen LogP contribution is -2.35. The van der Waals surface area contributed by atoms with Gasteiger partial charge in [-0.1, -0.05) is 18.6 Å². The van der Waals surface area contributed by atoms with Gasteiger partial charge in [-0.25, -0.2) is 0 Å². The SMILES string of the molecule is C=C(C)CCNC(=O)C(C)C[C@@H](N)Cc1ccc(O)c(NC(O)CCCN2C(=O)C=CC2=O)c1. The number of hydrogen-bond acceptors (Lipinski definition) is 7. The van der Waals surface area contributed by atoms with E-state index in [1.54, 1.807) is 12.1 Å². The summed E-state index contributed by atoms with van der Waals surface area (Å²) in [6, 6.07) is 4.74. The topological polar surface area (TPSA) is 145 Å². The molecule has 1 aromatic carbocycles. The molecule has 34 heavy (non-hydrogen) atoms. The van der Waals surface area contributed by atoms with Crippen LogP contribution >= 0.6 is 0 Å². The van der Waals surface area contributed by atoms with Gasteiger partial charge in [0, 0.05) is 37.2 Å². The van der Waals surface area contributed by atoms with Crippen molar-refractivity contribution in [3.8, 4) is 5.75 Å². The number of carbonyl (C=O) groups excluding carboxylic acids is 3. The van der Waals surface area contributed by atoms with Gasteiger partial charge in [0.2, 0.25) is 5.91 Å². The quantitative estimate of drug-likeness (QED) is 0.120. The third-order valence-corrected chi connectivity index (χ3v) is 5.60. The van der Waals surface area contributed by atoms with E-state index < -0.39 is 6.23 Å². The molecule has 0 aromatic heterocycles. The van der Waals surface area contributed by atoms with Crippen LogP contribution in [-0.4, -0.2) is 58.2 Å². The average molecular weight is 473 g/mol. The van der Waals surface area contributed by atoms with Crippen LogP contribution in [0.4, 0.5) is 5.69 Å². The van der Waals surface area contributed by atoms with Crippen molar-refractivity contribution >= 4 is 23.4 Å². The van der Waals surface area contributed by atoms with E-state index in [4.69, 9.17) is 5.73 Å². The molecule has 1 heterocycles. The lowest BCUT2D eigenvalue weighted by Gasteiger charge is -2.20. The van der Waals surface area contributed by atoms with Crippen LogP contribution in [-0.2, 0) is 20.8 Å². The summed E-state index contributed by atoms with van der Waals surface area (Å²) in [5.41, 5.74) is 8.50. The molecule has 6 N–H and O–H groups in total. The van der Waals surface area contributed by atoms with Crippen LogP contribution in [0.2, 0.25) is 0 Å². The van der Waals surface area contributed by atoms with Crippen LogP contribution in [0, 0.1) is 5.92 Å². The normalized spacial score (nSPS) is 15.8. The highest BCUT2D eigenvalue weighted by Gasteiger charge is 2.23. The minimum absolute atomic E-state index is 0.0178. The van der Waals surface area contributed by atoms with Gasteiger partial charge in [0.05, 0.1) is 5.69 Å². The van der Waals surface area contributed by atoms with Gasteiger partial charge in [0.25, 0.3) is 11.8 Å². The number of anilines is 1. The number of benzene rings is 1. The Bertz CT molecular complexity index is 912. The number of carbonyl (C=O) groups is 3. The zero-order valence-corrected chi connectivity index (χ0v) is 19.9. The van der Waals surface area contributed by atoms with Gasteiger partial charge in [0.1, 0.15) is 12.0 Å². The molecule has 3 atom stereocenters. The lowest BCUT2D eigenvalue weighted by molar-refractivity contribution is -0.137. The molecule has 0 fully saturated rings. The number of rotatable bonds is 14. The Morgan fingerprint density at radius 3 is 2.56 bits per heavy atom. The molecule has 0 saturated heterocycles. The largest absolute Gasteiger partial charge is 0.506 e. The number of phenols is 1. The number of nitrogens with zero attached hydrogens (tertiary/aromatic N) is 1. The second kappa shape index (κ2) is 12.9. The maximum Gasteiger partial charge on any atom is 0.253 e. The summed E-state index contributed by atoms with van der Waals surface area (Å²) < 4.78 is 0. The molecule has 2 unspecified atom stereocenters. The summed E-state index contributed by atoms with van der Waals surface area (Å²) >= 11 is 0. The van der Waals surface area contributed by atoms with Crippen molar-refractivity contribution in [2.24, 2.45) is 11.7 Å². The summed E-state index contributed by atoms with van der Waals surface area (Å²) in [5.74, 6) is -1.00. The van der Waals surface area contributed by atoms with Crippen LogP contribution in [0.5, 0.6) is 5.75 Å². The highest BCUT2D eigenvalue weighted by molar-refractivity contribution is 6.12. The fourth-order valence-corrected chi connectivity index (χ4v) is 3.69. The van der Waals surface area contributed by atoms with Gasteiger partial charge >= 0.3 is 0 Å². The van der Waals surface area contributed by atoms with Crippen molar-refractivity contribution in [2.45, 2.75) is 58.2 Å². The standard InChI is InChI=1S/C25H36N4O5/c1-16(2)10-11-27-25(34)17(3)13-19(26)14-18-6-7-21(30)20(15-18)28-22(31)5-4-12-29-23(32)8-9-24(29)33/h6-9,15,17,19,22,28,30-31H,1,4-5,10-14,26H2,2-3H3,(H,27,34)/t17?,19-,22?/m1/s1. The summed E-state index contributed by atoms with van der Waals surface area (Å²) in [6.07, 6.45) is 3.91. The third-order valence-electron chi connectivity index (χ3n) is 5.60. The van der Waals surface area contributed by atoms with Crippen LogP contribution in [0.3, 0.4) is 0 Å². The Morgan fingerprint density at radius 2 is 1.91 bits per heavy atom. The van der Waals surface area contributed by atoms with Gasteiger partial charge in [-0.3, -0.25) is 19.3 Å². The van der Waals surface area contributed by atoms with Crippen molar-refractivity contribution in [1.29, 1.82) is 0 Å². The zero-order chi connectivity index (χ0) is 25.3. The van der Waals surface area contributed by atoms with E-state index in [9.17, 15) is 24.6 Å². The Balaban J connectivity index is 1.81. The summed E-state index contributed by atoms with van der Waals surface area (Å²) in [7, 11) is 0. The minimum Gasteiger partial charge on any atom is -0.506 e. The molecule has 0 spiro atoms. The monoisotopic (exact) mass is 472 g/mol. The van der Waals surface area contributed by atoms with E-state index >= 15 is 0 Å². The molecule has 2 rings (SSSR count). The number of nitrogens with two attached hydrogens (primary N) is 1. The number of aliphatic hydroxyl groups excluding tert-OH is 1. The molecular weight excluding hydrogens is 436 g/mol. The van der Waals surface area contributed by atoms with E-state index in [1.165, 1.54) is 18.2 Å². The van der Waals surface area contributed by atoms with Crippen LogP contribution in [0.25, 0.3) is 0 Å². The number of phenolic OH excluding ortho intramolecular Hbond substituents is 1. The van der Waals surface area contributed by atoms with E-state index in [2.05, 4.69) is 17.2 Å². The van der Waals surface area contributed by atoms with Crippen LogP contribution in [0.1, 0.15) is 45.1 Å². The first kappa shape index (κ1) is 27.1. The number of amides is 3. The average Bonchev–Trinajstić information content (AvgIpc) is 3.07. The minimum atomic E-state index is -0.974. The first-order valence-electron chi connectivity index (χ1n) is 11.5. The van der Waals surface area contributed by atoms with Crippen LogP contribution in [0.15, 0.2) is 42.5 Å². The van der Waals surface area contributed by atoms with Gasteiger partial charge in [0.15, 0.2) is 0 Å². The van der Waals surface area contributed by atoms with Gasteiger partial charge < -0.3 is 26.6 Å². The molecule has 0 bridgehead atoms. The molecule has 186 valence electrons. The molecule has 9 nitrogen and oxygen atoms in total. The molecule has 0 saturated carbocycles. The number of nitrogens with one attached hydrogen (secondary N) is 2. The summed E-state index contributed by atoms with van der Waals surface area (Å²) in [5, 5.41) is 26.2. The smallest absolute Gasteiger partial charge is 0.253 e. The summed E-state index contributed by atoms with van der Waals surface area (Å²) in [4.78, 5) is 36.5. The maximum absolute atomic E-state index is 12.2. The van der Waals surface area contributed by atoms with E-state index in [0.29, 0.717) is 31.5 Å². The van der Waals surface area contributed by atoms with E-state index in [0.717, 1.165) is 22.5 Å². The second-order valence-electron chi connectivity index (χ2n) is 8.91. The predicted molar refractivity (Wildman–Crippen MR) is 131 cm³/mol. The second-order valence-corrected chi connectivity index (χ2v) is 8.91. The Kier molecular flexibility index (Phi) is 10.3. The highest BCUT2D eigenvalue weighted by atomic mass is 16.3. The number of imide groups is 1. The third kappa shape index (κ3) is 8.64. The van der Waals surface area contributed by atoms with Crippen molar-refractivity contribution in [2.75, 3.05) is 18.4 Å². The van der Waals surface area contributed by atoms with Crippen molar-refractivity contribution in [3.63, 3.8) is 0 Å². The maximum atomic E-state index is 12.2. The fourth-order valence-electron chi connectivity index (χ4n) is 3.69. The molecule has 1 aromatic rings. The molecule has 0 aliphatic carbocycles. The van der Waals surface area contributed by atoms with Gasteiger partial charge in [-0.05, 0) is 56.7 Å². The summed E-state index contributed by atoms with van der Waals surface area (Å²) in [6.45, 7) is 8.35. The van der Waals surface area contributed by atoms with Crippen molar-refractivity contribution in [1.82, 2.24) is 10.2 Å². The lowest BCUT2D eigenvalue weighted by atomic mass is 9.96. The van der Waals surface area contributed by atoms with Crippen molar-refractivity contribution in [3.05, 3.63) is 48.1 Å². The Morgan fingerprint density at radius 1 is 1.24 bits per heavy atom. The Hall–Kier alpha value is -3.17. The highest BCUT2D eigenvalue weighted by Crippen LogP contribution is 2.26. The number of aromatic hydroxyl groups is 1. The van der Waals surface area contributed by atoms with Gasteiger partial charge in [-0.2, -0.15) is 0 Å². The first-order chi connectivity index (χ1) is 16.1. The van der Waals surface area contributed by atoms with E-state index in [-0.39, 0.29) is 48.4 Å². The zero-order valence-electron chi connectivity index (χ0n) is 19.9. The Labute approximate surface area is 200 Å². The first-order valence-corrected chi connectivity index (χ1v) is 11.5.